The number of hydrogen-bond donors (Lipinski definition) is 0. The molecule has 0 aliphatic heterocycles. The zero-order valence-electron chi connectivity index (χ0n) is 34.7. The van der Waals surface area contributed by atoms with Crippen LogP contribution < -0.4 is 4.98 Å². The van der Waals surface area contributed by atoms with Crippen molar-refractivity contribution in [2.24, 2.45) is 0 Å². The summed E-state index contributed by atoms with van der Waals surface area (Å²) in [6.45, 7) is 4.64. The fourth-order valence-electron chi connectivity index (χ4n) is 10.1. The van der Waals surface area contributed by atoms with Crippen LogP contribution in [-0.2, 0) is 31.9 Å². The molecule has 4 nitrogen and oxygen atoms in total. The molecule has 302 valence electrons. The third-order valence-corrected chi connectivity index (χ3v) is 13.2. The van der Waals surface area contributed by atoms with E-state index in [-0.39, 0.29) is 26.5 Å². The van der Waals surface area contributed by atoms with Gasteiger partial charge >= 0.3 is 21.1 Å². The molecule has 0 fully saturated rings. The molecule has 0 N–H and O–H groups in total. The van der Waals surface area contributed by atoms with Gasteiger partial charge in [0.25, 0.3) is 0 Å². The molecule has 3 aromatic heterocycles. The molecule has 3 heterocycles. The first-order valence-corrected chi connectivity index (χ1v) is 21.3. The molecule has 0 radical (unpaired) electrons. The SMILES string of the molecule is CC(C)(c1ccccc1)c1ccc2c(c1)-c1ccccc1C2(c1[c-]c(-c2cccc3c2nc(-c2cccc4c2[n-]c2ccccc24)n3-c2ccccc2)ccc1)c1ccccn1.[Pt+2]. The van der Waals surface area contributed by atoms with Gasteiger partial charge in [-0.3, -0.25) is 9.55 Å². The second-order valence-electron chi connectivity index (χ2n) is 16.9. The van der Waals surface area contributed by atoms with Crippen LogP contribution in [0.1, 0.15) is 47.4 Å². The molecule has 0 saturated carbocycles. The summed E-state index contributed by atoms with van der Waals surface area (Å²) in [5, 5.41) is 2.27. The maximum atomic E-state index is 5.58. The smallest absolute Gasteiger partial charge is 0.656 e. The van der Waals surface area contributed by atoms with Gasteiger partial charge in [-0.1, -0.05) is 165 Å². The zero-order chi connectivity index (χ0) is 41.4. The van der Waals surface area contributed by atoms with E-state index in [4.69, 9.17) is 15.0 Å². The van der Waals surface area contributed by atoms with E-state index in [2.05, 4.69) is 219 Å². The summed E-state index contributed by atoms with van der Waals surface area (Å²) in [4.78, 5) is 15.9. The summed E-state index contributed by atoms with van der Waals surface area (Å²) < 4.78 is 2.28. The Hall–Kier alpha value is -7.13. The van der Waals surface area contributed by atoms with E-state index in [1.165, 1.54) is 33.4 Å². The van der Waals surface area contributed by atoms with Crippen molar-refractivity contribution in [1.82, 2.24) is 19.5 Å². The van der Waals surface area contributed by atoms with E-state index in [9.17, 15) is 0 Å². The predicted molar refractivity (Wildman–Crippen MR) is 253 cm³/mol. The Morgan fingerprint density at radius 2 is 1.24 bits per heavy atom. The predicted octanol–water partition coefficient (Wildman–Crippen LogP) is 13.5. The second-order valence-corrected chi connectivity index (χ2v) is 16.9. The third kappa shape index (κ3) is 5.85. The molecule has 8 aromatic carbocycles. The maximum absolute atomic E-state index is 5.58. The van der Waals surface area contributed by atoms with Crippen molar-refractivity contribution in [2.75, 3.05) is 0 Å². The van der Waals surface area contributed by atoms with Crippen LogP contribution in [0.25, 0.3) is 72.2 Å². The number of aromatic nitrogens is 4. The first kappa shape index (κ1) is 38.8. The van der Waals surface area contributed by atoms with Gasteiger partial charge < -0.3 is 4.98 Å². The molecule has 1 unspecified atom stereocenters. The normalized spacial score (nSPS) is 14.4. The minimum atomic E-state index is -0.720. The number of imidazole rings is 1. The van der Waals surface area contributed by atoms with Crippen LogP contribution in [0.4, 0.5) is 0 Å². The molecule has 1 aliphatic rings. The van der Waals surface area contributed by atoms with Crippen LogP contribution in [0.2, 0.25) is 0 Å². The Balaban J connectivity index is 0.00000444. The average molecular weight is 988 g/mol. The largest absolute Gasteiger partial charge is 2.00 e. The third-order valence-electron chi connectivity index (χ3n) is 13.2. The molecule has 0 amide bonds. The minimum absolute atomic E-state index is 0. The Morgan fingerprint density at radius 3 is 2.08 bits per heavy atom. The Labute approximate surface area is 381 Å². The van der Waals surface area contributed by atoms with E-state index < -0.39 is 5.41 Å². The summed E-state index contributed by atoms with van der Waals surface area (Å²) in [5.41, 5.74) is 16.3. The molecule has 1 aliphatic carbocycles. The van der Waals surface area contributed by atoms with E-state index in [0.29, 0.717) is 0 Å². The van der Waals surface area contributed by atoms with Crippen molar-refractivity contribution < 1.29 is 21.1 Å². The molecule has 1 atom stereocenters. The van der Waals surface area contributed by atoms with Gasteiger partial charge in [-0.15, -0.1) is 46.4 Å². The van der Waals surface area contributed by atoms with Gasteiger partial charge in [0, 0.05) is 22.9 Å². The number of hydrogen-bond acceptors (Lipinski definition) is 2. The van der Waals surface area contributed by atoms with Crippen molar-refractivity contribution in [2.45, 2.75) is 24.7 Å². The monoisotopic (exact) mass is 987 g/mol. The zero-order valence-corrected chi connectivity index (χ0v) is 37.0. The molecule has 0 saturated heterocycles. The van der Waals surface area contributed by atoms with Gasteiger partial charge in [-0.2, -0.15) is 0 Å². The quantitative estimate of drug-likeness (QED) is 0.150. The van der Waals surface area contributed by atoms with Gasteiger partial charge in [0.1, 0.15) is 5.82 Å². The van der Waals surface area contributed by atoms with Crippen molar-refractivity contribution in [3.8, 4) is 39.3 Å². The standard InChI is InChI=1S/C58H40N4.Pt/c1-57(2,39-19-5-3-6-20-39)40-33-34-50-48(37-40)44-24-9-11-29-49(44)58(50,53-32-13-14-35-59-53)41-21-15-18-38(36-41)43-26-17-31-52-55(43)61-56(62(52)42-22-7-4-8-23-42)47-28-16-27-46-45-25-10-12-30-51(45)60-54(46)47;/h3-35,37H,1-2H3;/q-2;+2. The van der Waals surface area contributed by atoms with E-state index >= 15 is 0 Å². The number of pyridine rings is 1. The van der Waals surface area contributed by atoms with Gasteiger partial charge in [0.05, 0.1) is 22.1 Å². The van der Waals surface area contributed by atoms with E-state index in [1.807, 2.05) is 12.3 Å². The molecule has 11 aromatic rings. The van der Waals surface area contributed by atoms with Gasteiger partial charge in [-0.25, -0.2) is 4.98 Å². The Kier molecular flexibility index (Phi) is 9.26. The number of rotatable bonds is 7. The Bertz CT molecular complexity index is 3500. The van der Waals surface area contributed by atoms with Crippen molar-refractivity contribution >= 4 is 32.8 Å². The number of para-hydroxylation sites is 4. The first-order valence-electron chi connectivity index (χ1n) is 21.3. The number of fused-ring (bicyclic) bond motifs is 7. The van der Waals surface area contributed by atoms with Crippen LogP contribution in [0.3, 0.4) is 0 Å². The summed E-state index contributed by atoms with van der Waals surface area (Å²) in [6, 6.07) is 75.5. The van der Waals surface area contributed by atoms with Gasteiger partial charge in [0.2, 0.25) is 0 Å². The number of nitrogens with zero attached hydrogens (tertiary/aromatic N) is 4. The fourth-order valence-corrected chi connectivity index (χ4v) is 10.1. The van der Waals surface area contributed by atoms with Crippen LogP contribution in [0, 0.1) is 6.07 Å². The molecule has 0 spiro atoms. The van der Waals surface area contributed by atoms with E-state index in [0.717, 1.165) is 72.3 Å². The summed E-state index contributed by atoms with van der Waals surface area (Å²) in [7, 11) is 0. The summed E-state index contributed by atoms with van der Waals surface area (Å²) >= 11 is 0. The van der Waals surface area contributed by atoms with E-state index in [1.54, 1.807) is 0 Å². The second kappa shape index (κ2) is 15.0. The topological polar surface area (TPSA) is 44.8 Å². The minimum Gasteiger partial charge on any atom is -0.656 e. The summed E-state index contributed by atoms with van der Waals surface area (Å²) in [5.74, 6) is 0.848. The molecule has 5 heteroatoms. The summed E-state index contributed by atoms with van der Waals surface area (Å²) in [6.07, 6.45) is 1.91. The van der Waals surface area contributed by atoms with Crippen molar-refractivity contribution in [1.29, 1.82) is 0 Å². The first-order chi connectivity index (χ1) is 30.5. The average Bonchev–Trinajstić information content (AvgIpc) is 4.01. The van der Waals surface area contributed by atoms with Crippen LogP contribution in [-0.4, -0.2) is 14.5 Å². The maximum Gasteiger partial charge on any atom is 2.00 e. The van der Waals surface area contributed by atoms with Crippen molar-refractivity contribution in [3.05, 3.63) is 246 Å². The number of benzene rings is 8. The van der Waals surface area contributed by atoms with Crippen LogP contribution >= 0.6 is 0 Å². The molecule has 12 rings (SSSR count). The molecular weight excluding hydrogens is 948 g/mol. The molecular formula is C58H40N4Pt. The van der Waals surface area contributed by atoms with Gasteiger partial charge in [-0.05, 0) is 80.6 Å². The molecule has 63 heavy (non-hydrogen) atoms. The van der Waals surface area contributed by atoms with Crippen LogP contribution in [0.15, 0.2) is 206 Å². The fraction of sp³-hybridized carbons (Fsp3) is 0.0690. The van der Waals surface area contributed by atoms with Crippen molar-refractivity contribution in [3.63, 3.8) is 0 Å². The van der Waals surface area contributed by atoms with Gasteiger partial charge in [0.15, 0.2) is 0 Å². The van der Waals surface area contributed by atoms with Crippen LogP contribution in [0.5, 0.6) is 0 Å². The molecule has 0 bridgehead atoms. The Morgan fingerprint density at radius 1 is 0.556 bits per heavy atom.